The van der Waals surface area contributed by atoms with Crippen LogP contribution in [-0.4, -0.2) is 136 Å². The second-order valence-electron chi connectivity index (χ2n) is 1.04. The summed E-state index contributed by atoms with van der Waals surface area (Å²) in [4.78, 5) is 0. The van der Waals surface area contributed by atoms with Crippen molar-refractivity contribution in [1.29, 1.82) is 0 Å². The van der Waals surface area contributed by atoms with Crippen molar-refractivity contribution >= 4 is 103 Å². The molecule has 0 amide bonds. The first-order valence-electron chi connectivity index (χ1n) is 2.32. The van der Waals surface area contributed by atoms with Gasteiger partial charge in [0.15, 0.2) is 0 Å². The van der Waals surface area contributed by atoms with Gasteiger partial charge in [0.2, 0.25) is 0 Å². The molecule has 82 valence electrons. The molecule has 0 saturated heterocycles. The van der Waals surface area contributed by atoms with E-state index in [2.05, 4.69) is 0 Å². The third-order valence-electron chi connectivity index (χ3n) is 0. The topological polar surface area (TPSA) is 182 Å². The van der Waals surface area contributed by atoms with Gasteiger partial charge in [-0.05, 0) is 0 Å². The fourth-order valence-corrected chi connectivity index (χ4v) is 0. The van der Waals surface area contributed by atoms with Crippen LogP contribution in [0.4, 0.5) is 0 Å². The number of hydrogen-bond acceptors (Lipinski definition) is 9. The third-order valence-corrected chi connectivity index (χ3v) is 0. The monoisotopic (exact) mass is 356 g/mol. The standard InChI is InChI=1S/3BH3O3.ClH.Cs.H/c3*2-1(3)4;;;/h3*2-4H;1H;;. The molecule has 0 rings (SSSR count). The van der Waals surface area contributed by atoms with E-state index in [9.17, 15) is 0 Å². The Bertz CT molecular complexity index is 48.5. The zero-order valence-corrected chi connectivity index (χ0v) is 6.98. The minimum atomic E-state index is -2.17. The van der Waals surface area contributed by atoms with E-state index in [0.717, 1.165) is 0 Å². The number of halogens is 1. The first-order valence-corrected chi connectivity index (χ1v) is 2.32. The van der Waals surface area contributed by atoms with Gasteiger partial charge in [-0.3, -0.25) is 0 Å². The Balaban J connectivity index is -0.0000000270. The zero-order valence-electron chi connectivity index (χ0n) is 6.17. The van der Waals surface area contributed by atoms with Crippen LogP contribution in [0.25, 0.3) is 0 Å². The summed E-state index contributed by atoms with van der Waals surface area (Å²) < 4.78 is 0. The number of rotatable bonds is 0. The van der Waals surface area contributed by atoms with Gasteiger partial charge in [-0.2, -0.15) is 0 Å². The molecule has 0 aromatic rings. The van der Waals surface area contributed by atoms with Crippen molar-refractivity contribution in [1.82, 2.24) is 0 Å². The molecule has 0 heterocycles. The van der Waals surface area contributed by atoms with Crippen LogP contribution in [0.2, 0.25) is 0 Å². The average Bonchev–Trinajstić information content (AvgIpc) is 1.54. The molecule has 0 aromatic heterocycles. The Hall–Kier alpha value is 2.18. The Labute approximate surface area is 146 Å². The van der Waals surface area contributed by atoms with Gasteiger partial charge in [0, 0.05) is 0 Å². The van der Waals surface area contributed by atoms with Crippen LogP contribution in [0.15, 0.2) is 0 Å². The fourth-order valence-electron chi connectivity index (χ4n) is 0. The molecule has 0 bridgehead atoms. The van der Waals surface area contributed by atoms with Crippen molar-refractivity contribution in [2.75, 3.05) is 0 Å². The first-order chi connectivity index (χ1) is 5.20. The van der Waals surface area contributed by atoms with E-state index in [1.807, 2.05) is 0 Å². The summed E-state index contributed by atoms with van der Waals surface area (Å²) in [6.45, 7) is 0. The molecule has 14 heteroatoms. The second kappa shape index (κ2) is 24.4. The fraction of sp³-hybridized carbons (Fsp3) is 0. The van der Waals surface area contributed by atoms with Crippen LogP contribution in [0, 0.1) is 0 Å². The molecule has 0 aliphatic heterocycles. The SMILES string of the molecule is Cl.OB(O)O.OB(O)O.OB(O)O.[CsH]. The van der Waals surface area contributed by atoms with E-state index in [4.69, 9.17) is 45.2 Å². The van der Waals surface area contributed by atoms with E-state index in [0.29, 0.717) is 0 Å². The van der Waals surface area contributed by atoms with Gasteiger partial charge in [0.25, 0.3) is 0 Å². The first kappa shape index (κ1) is 29.8. The van der Waals surface area contributed by atoms with Gasteiger partial charge in [0.05, 0.1) is 0 Å². The van der Waals surface area contributed by atoms with E-state index in [1.54, 1.807) is 0 Å². The third kappa shape index (κ3) is 519. The molecular formula is H11B3ClCsO9. The molecule has 9 N–H and O–H groups in total. The van der Waals surface area contributed by atoms with Gasteiger partial charge in [0.1, 0.15) is 0 Å². The molecule has 0 fully saturated rings. The van der Waals surface area contributed by atoms with E-state index in [1.165, 1.54) is 0 Å². The second-order valence-corrected chi connectivity index (χ2v) is 1.04. The van der Waals surface area contributed by atoms with Gasteiger partial charge in [-0.25, -0.2) is 0 Å². The summed E-state index contributed by atoms with van der Waals surface area (Å²) in [7, 11) is -6.50. The van der Waals surface area contributed by atoms with Crippen LogP contribution < -0.4 is 0 Å². The minimum absolute atomic E-state index is 0. The van der Waals surface area contributed by atoms with Gasteiger partial charge in [-0.1, -0.05) is 0 Å². The summed E-state index contributed by atoms with van der Waals surface area (Å²) in [6.07, 6.45) is 0. The molecule has 0 aromatic carbocycles. The summed E-state index contributed by atoms with van der Waals surface area (Å²) in [5.41, 5.74) is 0. The Kier molecular flexibility index (Phi) is 52.0. The summed E-state index contributed by atoms with van der Waals surface area (Å²) in [6, 6.07) is 0. The van der Waals surface area contributed by atoms with Gasteiger partial charge in [-0.15, -0.1) is 12.4 Å². The summed E-state index contributed by atoms with van der Waals surface area (Å²) in [5, 5.41) is 64.5. The van der Waals surface area contributed by atoms with Crippen LogP contribution in [-0.2, 0) is 0 Å². The van der Waals surface area contributed by atoms with Crippen LogP contribution in [0.5, 0.6) is 0 Å². The average molecular weight is 356 g/mol. The molecule has 9 nitrogen and oxygen atoms in total. The predicted octanol–water partition coefficient (Wildman–Crippen LogP) is -6.38. The Morgan fingerprint density at radius 1 is 0.429 bits per heavy atom. The molecule has 0 spiro atoms. The molecule has 0 aliphatic carbocycles. The van der Waals surface area contributed by atoms with Crippen molar-refractivity contribution in [3.63, 3.8) is 0 Å². The van der Waals surface area contributed by atoms with Crippen LogP contribution in [0.3, 0.4) is 0 Å². The van der Waals surface area contributed by atoms with Crippen molar-refractivity contribution < 1.29 is 45.2 Å². The van der Waals surface area contributed by atoms with Gasteiger partial charge >= 0.3 is 90.9 Å². The van der Waals surface area contributed by atoms with E-state index in [-0.39, 0.29) is 81.3 Å². The van der Waals surface area contributed by atoms with E-state index >= 15 is 0 Å². The molecule has 0 atom stereocenters. The predicted molar refractivity (Wildman–Crippen MR) is 51.6 cm³/mol. The number of hydrogen-bond donors (Lipinski definition) is 9. The maximum atomic E-state index is 7.17. The van der Waals surface area contributed by atoms with Crippen LogP contribution in [0.1, 0.15) is 0 Å². The van der Waals surface area contributed by atoms with Crippen molar-refractivity contribution in [3.05, 3.63) is 0 Å². The quantitative estimate of drug-likeness (QED) is 0.191. The van der Waals surface area contributed by atoms with Crippen molar-refractivity contribution in [2.24, 2.45) is 0 Å². The normalized spacial score (nSPS) is 5.79. The van der Waals surface area contributed by atoms with Crippen molar-refractivity contribution in [2.45, 2.75) is 0 Å². The molecule has 0 unspecified atom stereocenters. The molecule has 0 saturated carbocycles. The summed E-state index contributed by atoms with van der Waals surface area (Å²) >= 11 is 0. The molecule has 0 radical (unpaired) electrons. The van der Waals surface area contributed by atoms with Crippen molar-refractivity contribution in [3.8, 4) is 0 Å². The zero-order chi connectivity index (χ0) is 10.7. The maximum absolute atomic E-state index is 7.17. The molecule has 0 aliphatic rings. The Morgan fingerprint density at radius 2 is 0.429 bits per heavy atom. The summed E-state index contributed by atoms with van der Waals surface area (Å²) in [5.74, 6) is 0. The van der Waals surface area contributed by atoms with Crippen LogP contribution >= 0.6 is 12.4 Å². The molecule has 14 heavy (non-hydrogen) atoms. The molecular weight excluding hydrogens is 345 g/mol. The van der Waals surface area contributed by atoms with Gasteiger partial charge < -0.3 is 45.2 Å². The van der Waals surface area contributed by atoms with E-state index < -0.39 is 22.0 Å². The Morgan fingerprint density at radius 3 is 0.429 bits per heavy atom.